The first-order chi connectivity index (χ1) is 13.5. The summed E-state index contributed by atoms with van der Waals surface area (Å²) < 4.78 is 1.98. The fourth-order valence-corrected chi connectivity index (χ4v) is 3.55. The summed E-state index contributed by atoms with van der Waals surface area (Å²) in [5.74, 6) is 2.63. The number of aromatic nitrogens is 3. The lowest BCUT2D eigenvalue weighted by molar-refractivity contribution is 0.474. The molecule has 7 heteroatoms. The molecular weight excluding hydrogens is 368 g/mol. The molecule has 0 aliphatic carbocycles. The number of nitrogens with zero attached hydrogens (tertiary/aromatic N) is 5. The fourth-order valence-electron chi connectivity index (χ4n) is 2.84. The number of nitrogens with one attached hydrogen (secondary N) is 1. The van der Waals surface area contributed by atoms with Crippen molar-refractivity contribution in [2.75, 3.05) is 13.6 Å². The number of benzene rings is 1. The van der Waals surface area contributed by atoms with Crippen LogP contribution in [-0.2, 0) is 26.6 Å². The Morgan fingerprint density at radius 1 is 1.18 bits per heavy atom. The second-order valence-electron chi connectivity index (χ2n) is 6.96. The Morgan fingerprint density at radius 3 is 2.61 bits per heavy atom. The molecule has 0 aliphatic rings. The molecule has 148 valence electrons. The minimum Gasteiger partial charge on any atom is -0.356 e. The van der Waals surface area contributed by atoms with Crippen LogP contribution in [0.4, 0.5) is 0 Å². The first kappa shape index (κ1) is 20.1. The summed E-state index contributed by atoms with van der Waals surface area (Å²) in [6, 6.07) is 12.9. The van der Waals surface area contributed by atoms with Crippen molar-refractivity contribution in [3.05, 3.63) is 69.4 Å². The van der Waals surface area contributed by atoms with Crippen LogP contribution in [0.5, 0.6) is 0 Å². The summed E-state index contributed by atoms with van der Waals surface area (Å²) in [5.41, 5.74) is 2.53. The Balaban J connectivity index is 1.69. The number of aryl methyl sites for hydroxylation is 2. The Kier molecular flexibility index (Phi) is 6.81. The molecule has 0 saturated heterocycles. The summed E-state index contributed by atoms with van der Waals surface area (Å²) in [5, 5.41) is 14.0. The summed E-state index contributed by atoms with van der Waals surface area (Å²) >= 11 is 1.79. The predicted molar refractivity (Wildman–Crippen MR) is 116 cm³/mol. The van der Waals surface area contributed by atoms with E-state index in [0.29, 0.717) is 6.54 Å². The Morgan fingerprint density at radius 2 is 1.96 bits per heavy atom. The average molecular weight is 397 g/mol. The largest absolute Gasteiger partial charge is 0.356 e. The first-order valence-electron chi connectivity index (χ1n) is 9.45. The van der Waals surface area contributed by atoms with Gasteiger partial charge in [-0.05, 0) is 37.3 Å². The molecule has 3 rings (SSSR count). The molecule has 2 aromatic heterocycles. The Labute approximate surface area is 171 Å². The minimum atomic E-state index is 0.497. The number of rotatable bonds is 7. The van der Waals surface area contributed by atoms with Gasteiger partial charge < -0.3 is 14.8 Å². The second kappa shape index (κ2) is 9.50. The van der Waals surface area contributed by atoms with Crippen molar-refractivity contribution in [3.8, 4) is 0 Å². The van der Waals surface area contributed by atoms with Crippen LogP contribution >= 0.6 is 11.3 Å². The average Bonchev–Trinajstić information content (AvgIpc) is 3.31. The second-order valence-corrected chi connectivity index (χ2v) is 7.99. The van der Waals surface area contributed by atoms with E-state index in [1.165, 1.54) is 16.0 Å². The smallest absolute Gasteiger partial charge is 0.194 e. The first-order valence-corrected chi connectivity index (χ1v) is 10.3. The quantitative estimate of drug-likeness (QED) is 0.492. The third kappa shape index (κ3) is 5.42. The highest BCUT2D eigenvalue weighted by molar-refractivity contribution is 7.09. The zero-order valence-corrected chi connectivity index (χ0v) is 17.8. The van der Waals surface area contributed by atoms with E-state index < -0.39 is 0 Å². The lowest BCUT2D eigenvalue weighted by Gasteiger charge is -2.22. The number of guanidine groups is 1. The maximum Gasteiger partial charge on any atom is 0.194 e. The van der Waals surface area contributed by atoms with Crippen LogP contribution in [-0.4, -0.2) is 39.2 Å². The van der Waals surface area contributed by atoms with Gasteiger partial charge in [-0.1, -0.05) is 35.9 Å². The van der Waals surface area contributed by atoms with E-state index in [1.807, 2.05) is 18.5 Å². The predicted octanol–water partition coefficient (Wildman–Crippen LogP) is 3.31. The van der Waals surface area contributed by atoms with Crippen LogP contribution in [0.3, 0.4) is 0 Å². The van der Waals surface area contributed by atoms with Crippen molar-refractivity contribution in [2.45, 2.75) is 33.4 Å². The molecule has 1 aromatic carbocycles. The van der Waals surface area contributed by atoms with E-state index in [4.69, 9.17) is 4.99 Å². The molecule has 28 heavy (non-hydrogen) atoms. The number of hydrogen-bond donors (Lipinski definition) is 1. The van der Waals surface area contributed by atoms with Gasteiger partial charge in [0.05, 0.1) is 0 Å². The van der Waals surface area contributed by atoms with Crippen molar-refractivity contribution in [2.24, 2.45) is 12.0 Å². The van der Waals surface area contributed by atoms with Gasteiger partial charge in [-0.3, -0.25) is 0 Å². The van der Waals surface area contributed by atoms with Gasteiger partial charge in [0.2, 0.25) is 0 Å². The van der Waals surface area contributed by atoms with Gasteiger partial charge in [-0.25, -0.2) is 4.99 Å². The molecule has 0 spiro atoms. The van der Waals surface area contributed by atoms with Gasteiger partial charge in [0.1, 0.15) is 12.4 Å². The van der Waals surface area contributed by atoms with E-state index in [2.05, 4.69) is 76.2 Å². The zero-order chi connectivity index (χ0) is 19.9. The Bertz CT molecular complexity index is 896. The monoisotopic (exact) mass is 396 g/mol. The van der Waals surface area contributed by atoms with Gasteiger partial charge in [0, 0.05) is 32.1 Å². The molecule has 0 saturated carbocycles. The highest BCUT2D eigenvalue weighted by Gasteiger charge is 2.10. The summed E-state index contributed by atoms with van der Waals surface area (Å²) in [6.45, 7) is 6.19. The number of aliphatic imine (C=N–C) groups is 1. The molecule has 3 aromatic rings. The van der Waals surface area contributed by atoms with E-state index in [9.17, 15) is 0 Å². The van der Waals surface area contributed by atoms with Gasteiger partial charge in [0.15, 0.2) is 11.8 Å². The SMILES string of the molecule is Cc1ccc(CN(C)C(=NCc2nnc(C)n2C)NCCc2cccs2)cc1. The Hall–Kier alpha value is -2.67. The molecule has 0 unspecified atom stereocenters. The summed E-state index contributed by atoms with van der Waals surface area (Å²) in [4.78, 5) is 8.34. The number of thiophene rings is 1. The zero-order valence-electron chi connectivity index (χ0n) is 17.0. The fraction of sp³-hybridized carbons (Fsp3) is 0.381. The normalized spacial score (nSPS) is 11.6. The van der Waals surface area contributed by atoms with Crippen molar-refractivity contribution >= 4 is 17.3 Å². The molecule has 0 fully saturated rings. The molecular formula is C21H28N6S. The third-order valence-corrected chi connectivity index (χ3v) is 5.63. The van der Waals surface area contributed by atoms with Crippen LogP contribution in [0.2, 0.25) is 0 Å². The molecule has 0 amide bonds. The molecule has 0 aliphatic heterocycles. The maximum absolute atomic E-state index is 4.81. The lowest BCUT2D eigenvalue weighted by atomic mass is 10.1. The highest BCUT2D eigenvalue weighted by Crippen LogP contribution is 2.09. The summed E-state index contributed by atoms with van der Waals surface area (Å²) in [7, 11) is 4.04. The van der Waals surface area contributed by atoms with Gasteiger partial charge in [0.25, 0.3) is 0 Å². The van der Waals surface area contributed by atoms with Crippen molar-refractivity contribution in [1.29, 1.82) is 0 Å². The van der Waals surface area contributed by atoms with Crippen molar-refractivity contribution in [3.63, 3.8) is 0 Å². The maximum atomic E-state index is 4.81. The highest BCUT2D eigenvalue weighted by atomic mass is 32.1. The van der Waals surface area contributed by atoms with Gasteiger partial charge in [-0.2, -0.15) is 0 Å². The van der Waals surface area contributed by atoms with E-state index in [0.717, 1.165) is 37.1 Å². The van der Waals surface area contributed by atoms with Crippen LogP contribution in [0.1, 0.15) is 27.7 Å². The lowest BCUT2D eigenvalue weighted by Crippen LogP contribution is -2.39. The molecule has 0 bridgehead atoms. The van der Waals surface area contributed by atoms with Gasteiger partial charge in [-0.15, -0.1) is 21.5 Å². The molecule has 2 heterocycles. The topological polar surface area (TPSA) is 58.3 Å². The molecule has 0 radical (unpaired) electrons. The molecule has 1 N–H and O–H groups in total. The van der Waals surface area contributed by atoms with E-state index >= 15 is 0 Å². The van der Waals surface area contributed by atoms with Crippen LogP contribution in [0.25, 0.3) is 0 Å². The molecule has 6 nitrogen and oxygen atoms in total. The van der Waals surface area contributed by atoms with E-state index in [1.54, 1.807) is 11.3 Å². The van der Waals surface area contributed by atoms with Crippen LogP contribution in [0, 0.1) is 13.8 Å². The van der Waals surface area contributed by atoms with Crippen LogP contribution < -0.4 is 5.32 Å². The number of hydrogen-bond acceptors (Lipinski definition) is 4. The minimum absolute atomic E-state index is 0.497. The van der Waals surface area contributed by atoms with Crippen molar-refractivity contribution in [1.82, 2.24) is 25.0 Å². The van der Waals surface area contributed by atoms with Crippen LogP contribution in [0.15, 0.2) is 46.8 Å². The summed E-state index contributed by atoms with van der Waals surface area (Å²) in [6.07, 6.45) is 0.984. The van der Waals surface area contributed by atoms with Crippen molar-refractivity contribution < 1.29 is 0 Å². The van der Waals surface area contributed by atoms with E-state index in [-0.39, 0.29) is 0 Å². The molecule has 0 atom stereocenters. The standard InChI is InChI=1S/C21H28N6S/c1-16-7-9-18(10-8-16)15-26(3)21(22-12-11-19-6-5-13-28-19)23-14-20-25-24-17(2)27(20)4/h5-10,13H,11-12,14-15H2,1-4H3,(H,22,23). The van der Waals surface area contributed by atoms with Gasteiger partial charge >= 0.3 is 0 Å². The third-order valence-electron chi connectivity index (χ3n) is 4.69.